The summed E-state index contributed by atoms with van der Waals surface area (Å²) in [6, 6.07) is 0. The molecule has 32 heavy (non-hydrogen) atoms. The van der Waals surface area contributed by atoms with Gasteiger partial charge < -0.3 is 14.6 Å². The van der Waals surface area contributed by atoms with Gasteiger partial charge in [0.2, 0.25) is 0 Å². The van der Waals surface area contributed by atoms with Gasteiger partial charge in [-0.25, -0.2) is 0 Å². The SMILES string of the molecule is C.C.CC1CCC2C(C)COC2C1=O.CC1CCC2C(C)COC2C1O.CPC.ClCCl. The molecule has 9 unspecified atom stereocenters. The van der Waals surface area contributed by atoms with E-state index in [-0.39, 0.29) is 44.4 Å². The summed E-state index contributed by atoms with van der Waals surface area (Å²) in [4.78, 5) is 11.6. The van der Waals surface area contributed by atoms with Crippen LogP contribution in [0.5, 0.6) is 0 Å². The Morgan fingerprint density at radius 2 is 1.34 bits per heavy atom. The number of halogens is 2. The third kappa shape index (κ3) is 9.67. The van der Waals surface area contributed by atoms with Gasteiger partial charge in [0, 0.05) is 5.92 Å². The van der Waals surface area contributed by atoms with Crippen molar-refractivity contribution in [2.24, 2.45) is 35.5 Å². The maximum absolute atomic E-state index is 11.6. The van der Waals surface area contributed by atoms with Gasteiger partial charge in [-0.15, -0.1) is 31.8 Å². The zero-order valence-electron chi connectivity index (χ0n) is 19.6. The van der Waals surface area contributed by atoms with E-state index < -0.39 is 0 Å². The largest absolute Gasteiger partial charge is 0.390 e. The van der Waals surface area contributed by atoms with Gasteiger partial charge in [0.05, 0.1) is 30.8 Å². The van der Waals surface area contributed by atoms with Crippen molar-refractivity contribution in [1.29, 1.82) is 0 Å². The second kappa shape index (κ2) is 17.9. The predicted octanol–water partition coefficient (Wildman–Crippen LogP) is 6.68. The van der Waals surface area contributed by atoms with Crippen LogP contribution in [-0.2, 0) is 14.3 Å². The number of fused-ring (bicyclic) bond motifs is 2. The first-order chi connectivity index (χ1) is 14.2. The monoisotopic (exact) mass is 516 g/mol. The highest BCUT2D eigenvalue weighted by atomic mass is 35.5. The number of hydrogen-bond donors (Lipinski definition) is 1. The highest BCUT2D eigenvalue weighted by Gasteiger charge is 2.44. The standard InChI is InChI=1S/C10H18O2.C10H16O2.C2H7P.CH2Cl2.2CH4/c2*1-6-3-4-8-7(2)5-12-10(8)9(6)11;1-3-2;2-1-3;;/h6-11H,3-5H2,1-2H3;6-8,10H,3-5H2,1-2H3;3H,1-2H3;1H2;2*1H4. The Morgan fingerprint density at radius 3 is 1.91 bits per heavy atom. The molecule has 0 aromatic carbocycles. The first-order valence-corrected chi connectivity index (χ1v) is 14.5. The number of alkyl halides is 2. The molecular formula is C25H51Cl2O4P. The van der Waals surface area contributed by atoms with E-state index in [4.69, 9.17) is 32.7 Å². The Labute approximate surface area is 210 Å². The van der Waals surface area contributed by atoms with E-state index in [1.165, 1.54) is 12.8 Å². The van der Waals surface area contributed by atoms with Crippen LogP contribution in [0.3, 0.4) is 0 Å². The van der Waals surface area contributed by atoms with E-state index in [1.54, 1.807) is 0 Å². The number of Topliss-reactive ketones (excluding diaryl/α,β-unsaturated/α-hetero) is 1. The molecule has 4 nitrogen and oxygen atoms in total. The molecule has 2 saturated heterocycles. The van der Waals surface area contributed by atoms with Crippen molar-refractivity contribution in [1.82, 2.24) is 0 Å². The molecule has 0 radical (unpaired) electrons. The number of hydrogen-bond acceptors (Lipinski definition) is 4. The first-order valence-electron chi connectivity index (χ1n) is 11.4. The minimum Gasteiger partial charge on any atom is -0.390 e. The molecule has 194 valence electrons. The number of rotatable bonds is 0. The lowest BCUT2D eigenvalue weighted by atomic mass is 9.75. The summed E-state index contributed by atoms with van der Waals surface area (Å²) in [7, 11) is 1.08. The normalized spacial score (nSPS) is 39.2. The molecule has 7 heteroatoms. The Balaban J connectivity index is 0. The van der Waals surface area contributed by atoms with Gasteiger partial charge in [0.1, 0.15) is 6.10 Å². The molecule has 2 aliphatic heterocycles. The van der Waals surface area contributed by atoms with Gasteiger partial charge in [-0.05, 0) is 68.6 Å². The van der Waals surface area contributed by atoms with Crippen LogP contribution in [0.2, 0.25) is 0 Å². The van der Waals surface area contributed by atoms with Crippen LogP contribution >= 0.6 is 31.8 Å². The number of aliphatic hydroxyl groups excluding tert-OH is 1. The van der Waals surface area contributed by atoms with Crippen molar-refractivity contribution in [3.05, 3.63) is 0 Å². The van der Waals surface area contributed by atoms with Crippen molar-refractivity contribution in [3.63, 3.8) is 0 Å². The molecule has 0 aromatic rings. The molecule has 2 saturated carbocycles. The molecule has 2 aliphatic carbocycles. The van der Waals surface area contributed by atoms with Crippen molar-refractivity contribution in [2.75, 3.05) is 31.9 Å². The number of ether oxygens (including phenoxy) is 2. The van der Waals surface area contributed by atoms with Crippen LogP contribution in [0.4, 0.5) is 0 Å². The minimum atomic E-state index is -0.214. The van der Waals surface area contributed by atoms with Gasteiger partial charge >= 0.3 is 0 Å². The van der Waals surface area contributed by atoms with Gasteiger partial charge in [0.25, 0.3) is 0 Å². The summed E-state index contributed by atoms with van der Waals surface area (Å²) in [5.74, 6) is 3.39. The molecule has 4 fully saturated rings. The Morgan fingerprint density at radius 1 is 0.875 bits per heavy atom. The zero-order chi connectivity index (χ0) is 22.8. The van der Waals surface area contributed by atoms with Crippen molar-refractivity contribution >= 4 is 37.6 Å². The molecular weight excluding hydrogens is 466 g/mol. The van der Waals surface area contributed by atoms with Crippen molar-refractivity contribution in [3.8, 4) is 0 Å². The molecule has 4 aliphatic rings. The van der Waals surface area contributed by atoms with Gasteiger partial charge in [0.15, 0.2) is 5.78 Å². The smallest absolute Gasteiger partial charge is 0.164 e. The zero-order valence-corrected chi connectivity index (χ0v) is 22.1. The molecule has 1 N–H and O–H groups in total. The lowest BCUT2D eigenvalue weighted by Gasteiger charge is -2.35. The van der Waals surface area contributed by atoms with E-state index in [0.29, 0.717) is 35.4 Å². The van der Waals surface area contributed by atoms with Gasteiger partial charge in [-0.2, -0.15) is 0 Å². The van der Waals surface area contributed by atoms with E-state index >= 15 is 0 Å². The van der Waals surface area contributed by atoms with Crippen LogP contribution in [0.25, 0.3) is 0 Å². The minimum absolute atomic E-state index is 0. The maximum atomic E-state index is 11.6. The maximum Gasteiger partial charge on any atom is 0.164 e. The lowest BCUT2D eigenvalue weighted by Crippen LogP contribution is -2.41. The number of ketones is 1. The fourth-order valence-electron chi connectivity index (χ4n) is 4.98. The molecule has 2 heterocycles. The average molecular weight is 518 g/mol. The molecule has 4 rings (SSSR count). The van der Waals surface area contributed by atoms with Crippen LogP contribution in [0.1, 0.15) is 68.2 Å². The lowest BCUT2D eigenvalue weighted by molar-refractivity contribution is -0.136. The molecule has 0 bridgehead atoms. The van der Waals surface area contributed by atoms with Crippen molar-refractivity contribution < 1.29 is 19.4 Å². The summed E-state index contributed by atoms with van der Waals surface area (Å²) in [5, 5.41) is 10.0. The topological polar surface area (TPSA) is 55.8 Å². The summed E-state index contributed by atoms with van der Waals surface area (Å²) >= 11 is 9.53. The molecule has 0 amide bonds. The second-order valence-electron chi connectivity index (χ2n) is 9.36. The number of carbonyl (C=O) groups excluding carboxylic acids is 1. The summed E-state index contributed by atoms with van der Waals surface area (Å²) in [6.07, 6.45) is 4.52. The Kier molecular flexibility index (Phi) is 19.4. The fourth-order valence-corrected chi connectivity index (χ4v) is 4.98. The fraction of sp³-hybridized carbons (Fsp3) is 0.960. The van der Waals surface area contributed by atoms with Crippen LogP contribution in [0, 0.1) is 35.5 Å². The van der Waals surface area contributed by atoms with E-state index in [1.807, 2.05) is 6.92 Å². The molecule has 9 atom stereocenters. The summed E-state index contributed by atoms with van der Waals surface area (Å²) in [6.45, 7) is 14.5. The van der Waals surface area contributed by atoms with E-state index in [9.17, 15) is 9.90 Å². The van der Waals surface area contributed by atoms with E-state index in [2.05, 4.69) is 34.1 Å². The number of carbonyl (C=O) groups is 1. The number of aliphatic hydroxyl groups is 1. The highest BCUT2D eigenvalue weighted by molar-refractivity contribution is 7.35. The summed E-state index contributed by atoms with van der Waals surface area (Å²) < 4.78 is 11.1. The quantitative estimate of drug-likeness (QED) is 0.288. The second-order valence-corrected chi connectivity index (χ2v) is 11.2. The molecule has 0 spiro atoms. The van der Waals surface area contributed by atoms with Gasteiger partial charge in [-0.3, -0.25) is 4.79 Å². The third-order valence-electron chi connectivity index (χ3n) is 6.94. The summed E-state index contributed by atoms with van der Waals surface area (Å²) in [5.41, 5.74) is 0. The van der Waals surface area contributed by atoms with Crippen LogP contribution in [0.15, 0.2) is 0 Å². The average Bonchev–Trinajstić information content (AvgIpc) is 3.27. The highest BCUT2D eigenvalue weighted by Crippen LogP contribution is 2.40. The first kappa shape index (κ1) is 34.7. The Bertz CT molecular complexity index is 495. The van der Waals surface area contributed by atoms with Crippen LogP contribution < -0.4 is 0 Å². The van der Waals surface area contributed by atoms with Crippen LogP contribution in [-0.4, -0.2) is 61.1 Å². The Hall–Kier alpha value is 0.560. The molecule has 0 aromatic heterocycles. The van der Waals surface area contributed by atoms with Gasteiger partial charge in [-0.1, -0.05) is 42.5 Å². The van der Waals surface area contributed by atoms with Crippen molar-refractivity contribution in [2.45, 2.75) is 86.5 Å². The third-order valence-corrected chi connectivity index (χ3v) is 6.94. The predicted molar refractivity (Wildman–Crippen MR) is 143 cm³/mol. The van der Waals surface area contributed by atoms with E-state index in [0.717, 1.165) is 34.6 Å².